The molecule has 6 nitrogen and oxygen atoms in total. The molecule has 2 aromatic heterocycles. The third kappa shape index (κ3) is 2.70. The molecule has 2 heterocycles. The lowest BCUT2D eigenvalue weighted by molar-refractivity contribution is 0.0690. The number of nitrogens with zero attached hydrogens (tertiary/aromatic N) is 3. The molecule has 0 atom stereocenters. The second kappa shape index (κ2) is 4.79. The number of hydrogen-bond acceptors (Lipinski definition) is 6. The van der Waals surface area contributed by atoms with Gasteiger partial charge in [0, 0.05) is 12.4 Å². The molecule has 0 aliphatic heterocycles. The zero-order valence-corrected chi connectivity index (χ0v) is 9.39. The van der Waals surface area contributed by atoms with Crippen LogP contribution >= 0.6 is 11.8 Å². The molecule has 0 spiro atoms. The van der Waals surface area contributed by atoms with Crippen LogP contribution in [-0.4, -0.2) is 26.0 Å². The smallest absolute Gasteiger partial charge is 0.354 e. The molecular weight excluding hydrogens is 240 g/mol. The molecule has 0 saturated carbocycles. The molecule has 7 heteroatoms. The van der Waals surface area contributed by atoms with Crippen molar-refractivity contribution in [3.05, 3.63) is 36.4 Å². The maximum Gasteiger partial charge on any atom is 0.354 e. The third-order valence-electron chi connectivity index (χ3n) is 1.85. The van der Waals surface area contributed by atoms with Gasteiger partial charge in [-0.15, -0.1) is 0 Å². The topological polar surface area (TPSA) is 102 Å². The first-order valence-corrected chi connectivity index (χ1v) is 5.42. The van der Waals surface area contributed by atoms with Crippen molar-refractivity contribution in [1.82, 2.24) is 15.0 Å². The minimum atomic E-state index is -1.09. The highest BCUT2D eigenvalue weighted by Gasteiger charge is 2.10. The lowest BCUT2D eigenvalue weighted by Crippen LogP contribution is -2.03. The van der Waals surface area contributed by atoms with Crippen LogP contribution < -0.4 is 5.73 Å². The summed E-state index contributed by atoms with van der Waals surface area (Å²) in [5, 5.41) is 9.84. The SMILES string of the molecule is Nc1ccc(C(=O)O)nc1Sc1cnccn1. The molecule has 0 amide bonds. The largest absolute Gasteiger partial charge is 0.477 e. The first kappa shape index (κ1) is 11.3. The number of aromatic carboxylic acids is 1. The zero-order valence-electron chi connectivity index (χ0n) is 8.57. The molecule has 3 N–H and O–H groups in total. The van der Waals surface area contributed by atoms with Gasteiger partial charge in [0.2, 0.25) is 0 Å². The van der Waals surface area contributed by atoms with Crippen LogP contribution in [-0.2, 0) is 0 Å². The number of carboxylic acid groups (broad SMARTS) is 1. The highest BCUT2D eigenvalue weighted by molar-refractivity contribution is 7.99. The van der Waals surface area contributed by atoms with Crippen molar-refractivity contribution < 1.29 is 9.90 Å². The van der Waals surface area contributed by atoms with E-state index >= 15 is 0 Å². The van der Waals surface area contributed by atoms with E-state index in [-0.39, 0.29) is 5.69 Å². The van der Waals surface area contributed by atoms with Crippen LogP contribution in [0, 0.1) is 0 Å². The lowest BCUT2D eigenvalue weighted by Gasteiger charge is -2.04. The van der Waals surface area contributed by atoms with Gasteiger partial charge in [-0.25, -0.2) is 14.8 Å². The van der Waals surface area contributed by atoms with E-state index in [2.05, 4.69) is 15.0 Å². The fraction of sp³-hybridized carbons (Fsp3) is 0. The van der Waals surface area contributed by atoms with Crippen molar-refractivity contribution in [2.75, 3.05) is 5.73 Å². The molecule has 0 aliphatic carbocycles. The number of hydrogen-bond donors (Lipinski definition) is 2. The van der Waals surface area contributed by atoms with E-state index in [1.165, 1.54) is 23.9 Å². The summed E-state index contributed by atoms with van der Waals surface area (Å²) < 4.78 is 0. The van der Waals surface area contributed by atoms with Crippen LogP contribution in [0.4, 0.5) is 5.69 Å². The Hall–Kier alpha value is -2.15. The second-order valence-electron chi connectivity index (χ2n) is 3.04. The van der Waals surface area contributed by atoms with Crippen LogP contribution in [0.15, 0.2) is 40.8 Å². The second-order valence-corrected chi connectivity index (χ2v) is 4.05. The Morgan fingerprint density at radius 2 is 2.18 bits per heavy atom. The van der Waals surface area contributed by atoms with Crippen LogP contribution in [0.3, 0.4) is 0 Å². The molecule has 0 unspecified atom stereocenters. The van der Waals surface area contributed by atoms with Crippen molar-refractivity contribution in [2.24, 2.45) is 0 Å². The Morgan fingerprint density at radius 3 is 2.82 bits per heavy atom. The highest BCUT2D eigenvalue weighted by Crippen LogP contribution is 2.28. The Labute approximate surface area is 101 Å². The standard InChI is InChI=1S/C10H8N4O2S/c11-6-1-2-7(10(15)16)14-9(6)17-8-5-12-3-4-13-8/h1-5H,11H2,(H,15,16). The van der Waals surface area contributed by atoms with Crippen molar-refractivity contribution in [1.29, 1.82) is 0 Å². The fourth-order valence-corrected chi connectivity index (χ4v) is 1.84. The van der Waals surface area contributed by atoms with Crippen molar-refractivity contribution in [2.45, 2.75) is 10.1 Å². The van der Waals surface area contributed by atoms with Gasteiger partial charge in [0.25, 0.3) is 0 Å². The molecule has 2 rings (SSSR count). The average Bonchev–Trinajstić information content (AvgIpc) is 2.33. The Balaban J connectivity index is 2.32. The van der Waals surface area contributed by atoms with E-state index in [0.29, 0.717) is 15.7 Å². The molecule has 0 bridgehead atoms. The Bertz CT molecular complexity index is 547. The van der Waals surface area contributed by atoms with Crippen molar-refractivity contribution in [3.63, 3.8) is 0 Å². The van der Waals surface area contributed by atoms with Crippen LogP contribution in [0.1, 0.15) is 10.5 Å². The summed E-state index contributed by atoms with van der Waals surface area (Å²) in [7, 11) is 0. The van der Waals surface area contributed by atoms with Gasteiger partial charge in [0.1, 0.15) is 15.7 Å². The average molecular weight is 248 g/mol. The summed E-state index contributed by atoms with van der Waals surface area (Å²) in [6.45, 7) is 0. The highest BCUT2D eigenvalue weighted by atomic mass is 32.2. The van der Waals surface area contributed by atoms with E-state index in [0.717, 1.165) is 0 Å². The minimum absolute atomic E-state index is 0.0504. The summed E-state index contributed by atoms with van der Waals surface area (Å²) in [6, 6.07) is 2.87. The monoisotopic (exact) mass is 248 g/mol. The first-order valence-electron chi connectivity index (χ1n) is 4.60. The molecular formula is C10H8N4O2S. The summed E-state index contributed by atoms with van der Waals surface area (Å²) >= 11 is 1.17. The van der Waals surface area contributed by atoms with Crippen LogP contribution in [0.5, 0.6) is 0 Å². The van der Waals surface area contributed by atoms with E-state index in [1.807, 2.05) is 0 Å². The van der Waals surface area contributed by atoms with E-state index in [4.69, 9.17) is 10.8 Å². The summed E-state index contributed by atoms with van der Waals surface area (Å²) in [6.07, 6.45) is 4.65. The van der Waals surface area contributed by atoms with Gasteiger partial charge in [-0.2, -0.15) is 0 Å². The number of carbonyl (C=O) groups is 1. The fourth-order valence-electron chi connectivity index (χ4n) is 1.09. The third-order valence-corrected chi connectivity index (χ3v) is 2.79. The normalized spacial score (nSPS) is 10.1. The Kier molecular flexibility index (Phi) is 3.20. The maximum atomic E-state index is 10.8. The number of aromatic nitrogens is 3. The number of carboxylic acids is 1. The number of anilines is 1. The van der Waals surface area contributed by atoms with E-state index in [1.54, 1.807) is 18.6 Å². The molecule has 17 heavy (non-hydrogen) atoms. The summed E-state index contributed by atoms with van der Waals surface area (Å²) in [5.74, 6) is -1.09. The Morgan fingerprint density at radius 1 is 1.35 bits per heavy atom. The van der Waals surface area contributed by atoms with Crippen LogP contribution in [0.2, 0.25) is 0 Å². The molecule has 0 aromatic carbocycles. The predicted molar refractivity (Wildman–Crippen MR) is 61.8 cm³/mol. The van der Waals surface area contributed by atoms with Gasteiger partial charge in [0.15, 0.2) is 0 Å². The molecule has 86 valence electrons. The number of rotatable bonds is 3. The number of nitrogen functional groups attached to an aromatic ring is 1. The summed E-state index contributed by atoms with van der Waals surface area (Å²) in [5.41, 5.74) is 6.07. The van der Waals surface area contributed by atoms with Crippen molar-refractivity contribution >= 4 is 23.4 Å². The molecule has 2 aromatic rings. The number of nitrogens with two attached hydrogens (primary N) is 1. The zero-order chi connectivity index (χ0) is 12.3. The molecule has 0 radical (unpaired) electrons. The van der Waals surface area contributed by atoms with E-state index in [9.17, 15) is 4.79 Å². The maximum absolute atomic E-state index is 10.8. The molecule has 0 fully saturated rings. The van der Waals surface area contributed by atoms with E-state index < -0.39 is 5.97 Å². The molecule has 0 saturated heterocycles. The van der Waals surface area contributed by atoms with Gasteiger partial charge >= 0.3 is 5.97 Å². The minimum Gasteiger partial charge on any atom is -0.477 e. The predicted octanol–water partition coefficient (Wildman–Crippen LogP) is 1.30. The van der Waals surface area contributed by atoms with Gasteiger partial charge in [-0.3, -0.25) is 4.98 Å². The quantitative estimate of drug-likeness (QED) is 0.843. The van der Waals surface area contributed by atoms with Gasteiger partial charge in [0.05, 0.1) is 11.9 Å². The summed E-state index contributed by atoms with van der Waals surface area (Å²) in [4.78, 5) is 22.7. The van der Waals surface area contributed by atoms with Gasteiger partial charge in [-0.1, -0.05) is 0 Å². The lowest BCUT2D eigenvalue weighted by atomic mass is 10.3. The van der Waals surface area contributed by atoms with Crippen molar-refractivity contribution in [3.8, 4) is 0 Å². The molecule has 0 aliphatic rings. The van der Waals surface area contributed by atoms with Crippen LogP contribution in [0.25, 0.3) is 0 Å². The van der Waals surface area contributed by atoms with Gasteiger partial charge < -0.3 is 10.8 Å². The van der Waals surface area contributed by atoms with Gasteiger partial charge in [-0.05, 0) is 23.9 Å². The first-order chi connectivity index (χ1) is 8.16. The number of pyridine rings is 1.